The van der Waals surface area contributed by atoms with Crippen molar-refractivity contribution in [2.45, 2.75) is 18.9 Å². The third kappa shape index (κ3) is 3.55. The standard InChI is InChI=1S/C13H19NO4Si/c1-11(19(15-2,16-3)17-4)9-12-7-5-6-8-13(12)18-10-14/h5-8,11H,9H2,1-4H3. The maximum absolute atomic E-state index is 8.64. The largest absolute Gasteiger partial charge is 0.503 e. The third-order valence-corrected chi connectivity index (χ3v) is 6.23. The average molecular weight is 281 g/mol. The van der Waals surface area contributed by atoms with Crippen LogP contribution in [0.3, 0.4) is 0 Å². The summed E-state index contributed by atoms with van der Waals surface area (Å²) in [6.45, 7) is 2.01. The zero-order valence-corrected chi connectivity index (χ0v) is 12.7. The predicted molar refractivity (Wildman–Crippen MR) is 72.6 cm³/mol. The van der Waals surface area contributed by atoms with E-state index in [9.17, 15) is 0 Å². The molecule has 104 valence electrons. The fraction of sp³-hybridized carbons (Fsp3) is 0.462. The lowest BCUT2D eigenvalue weighted by Gasteiger charge is -2.30. The van der Waals surface area contributed by atoms with Gasteiger partial charge in [0, 0.05) is 26.9 Å². The maximum atomic E-state index is 8.64. The molecule has 0 bridgehead atoms. The van der Waals surface area contributed by atoms with E-state index in [1.54, 1.807) is 33.7 Å². The molecular formula is C13H19NO4Si. The van der Waals surface area contributed by atoms with Crippen molar-refractivity contribution in [3.05, 3.63) is 29.8 Å². The fourth-order valence-corrected chi connectivity index (χ4v) is 4.31. The van der Waals surface area contributed by atoms with Crippen LogP contribution in [0, 0.1) is 11.5 Å². The molecule has 0 aromatic heterocycles. The zero-order chi connectivity index (χ0) is 14.3. The summed E-state index contributed by atoms with van der Waals surface area (Å²) >= 11 is 0. The summed E-state index contributed by atoms with van der Waals surface area (Å²) in [6.07, 6.45) is 2.35. The number of hydrogen-bond acceptors (Lipinski definition) is 5. The van der Waals surface area contributed by atoms with E-state index in [-0.39, 0.29) is 5.54 Å². The van der Waals surface area contributed by atoms with Crippen LogP contribution in [-0.4, -0.2) is 30.1 Å². The van der Waals surface area contributed by atoms with Crippen LogP contribution in [0.5, 0.6) is 5.75 Å². The molecule has 0 aliphatic rings. The molecule has 0 spiro atoms. The number of nitrogens with zero attached hydrogens (tertiary/aromatic N) is 1. The van der Waals surface area contributed by atoms with Gasteiger partial charge in [-0.3, -0.25) is 0 Å². The second kappa shape index (κ2) is 7.26. The van der Waals surface area contributed by atoms with Crippen molar-refractivity contribution in [2.75, 3.05) is 21.3 Å². The first-order chi connectivity index (χ1) is 9.13. The molecule has 1 aromatic carbocycles. The van der Waals surface area contributed by atoms with E-state index in [4.69, 9.17) is 23.3 Å². The molecule has 6 heteroatoms. The number of ether oxygens (including phenoxy) is 1. The highest BCUT2D eigenvalue weighted by atomic mass is 28.4. The quantitative estimate of drug-likeness (QED) is 0.567. The van der Waals surface area contributed by atoms with Crippen LogP contribution in [0.15, 0.2) is 24.3 Å². The average Bonchev–Trinajstić information content (AvgIpc) is 2.44. The summed E-state index contributed by atoms with van der Waals surface area (Å²) < 4.78 is 21.3. The molecule has 0 fully saturated rings. The summed E-state index contributed by atoms with van der Waals surface area (Å²) in [5.41, 5.74) is 0.982. The Morgan fingerprint density at radius 1 is 1.16 bits per heavy atom. The molecule has 1 aromatic rings. The van der Waals surface area contributed by atoms with Gasteiger partial charge in [-0.2, -0.15) is 0 Å². The maximum Gasteiger partial charge on any atom is 0.503 e. The van der Waals surface area contributed by atoms with Crippen LogP contribution >= 0.6 is 0 Å². The topological polar surface area (TPSA) is 60.7 Å². The van der Waals surface area contributed by atoms with Gasteiger partial charge in [-0.25, -0.2) is 0 Å². The first kappa shape index (κ1) is 15.7. The van der Waals surface area contributed by atoms with E-state index in [0.717, 1.165) is 5.56 Å². The van der Waals surface area contributed by atoms with Crippen molar-refractivity contribution >= 4 is 8.80 Å². The molecule has 0 aliphatic heterocycles. The van der Waals surface area contributed by atoms with Gasteiger partial charge in [0.05, 0.1) is 0 Å². The molecule has 0 heterocycles. The first-order valence-electron chi connectivity index (χ1n) is 5.92. The van der Waals surface area contributed by atoms with Gasteiger partial charge in [0.25, 0.3) is 6.26 Å². The normalized spacial score (nSPS) is 12.8. The Bertz CT molecular complexity index is 434. The Balaban J connectivity index is 2.93. The summed E-state index contributed by atoms with van der Waals surface area (Å²) in [5.74, 6) is 0.558. The molecule has 1 unspecified atom stereocenters. The highest BCUT2D eigenvalue weighted by Gasteiger charge is 2.44. The van der Waals surface area contributed by atoms with Crippen molar-refractivity contribution in [3.8, 4) is 12.0 Å². The first-order valence-corrected chi connectivity index (χ1v) is 7.73. The number of hydrogen-bond donors (Lipinski definition) is 0. The minimum Gasteiger partial charge on any atom is -0.388 e. The number of rotatable bonds is 7. The van der Waals surface area contributed by atoms with Gasteiger partial charge >= 0.3 is 8.80 Å². The number of benzene rings is 1. The van der Waals surface area contributed by atoms with Crippen molar-refractivity contribution in [1.29, 1.82) is 5.26 Å². The highest BCUT2D eigenvalue weighted by molar-refractivity contribution is 6.62. The Labute approximate surface area is 115 Å². The van der Waals surface area contributed by atoms with Crippen LogP contribution in [0.1, 0.15) is 12.5 Å². The van der Waals surface area contributed by atoms with Crippen LogP contribution < -0.4 is 4.74 Å². The van der Waals surface area contributed by atoms with E-state index in [2.05, 4.69) is 0 Å². The van der Waals surface area contributed by atoms with Gasteiger partial charge in [0.2, 0.25) is 0 Å². The third-order valence-electron chi connectivity index (χ3n) is 3.11. The molecule has 5 nitrogen and oxygen atoms in total. The summed E-state index contributed by atoms with van der Waals surface area (Å²) in [4.78, 5) is 0. The molecule has 0 amide bonds. The lowest BCUT2D eigenvalue weighted by atomic mass is 10.1. The second-order valence-corrected chi connectivity index (χ2v) is 7.54. The molecule has 0 radical (unpaired) electrons. The van der Waals surface area contributed by atoms with E-state index >= 15 is 0 Å². The van der Waals surface area contributed by atoms with Crippen LogP contribution in [-0.2, 0) is 19.7 Å². The van der Waals surface area contributed by atoms with Crippen molar-refractivity contribution in [1.82, 2.24) is 0 Å². The van der Waals surface area contributed by atoms with Crippen molar-refractivity contribution in [3.63, 3.8) is 0 Å². The lowest BCUT2D eigenvalue weighted by molar-refractivity contribution is 0.113. The Kier molecular flexibility index (Phi) is 5.98. The Morgan fingerprint density at radius 2 is 1.74 bits per heavy atom. The SMILES string of the molecule is CO[Si](OC)(OC)C(C)Cc1ccccc1OC#N. The molecule has 0 aliphatic carbocycles. The monoisotopic (exact) mass is 281 g/mol. The molecular weight excluding hydrogens is 262 g/mol. The van der Waals surface area contributed by atoms with Crippen LogP contribution in [0.4, 0.5) is 0 Å². The smallest absolute Gasteiger partial charge is 0.388 e. The molecule has 19 heavy (non-hydrogen) atoms. The molecule has 0 N–H and O–H groups in total. The van der Waals surface area contributed by atoms with Gasteiger partial charge in [0.15, 0.2) is 0 Å². The van der Waals surface area contributed by atoms with Crippen LogP contribution in [0.2, 0.25) is 5.54 Å². The van der Waals surface area contributed by atoms with E-state index in [1.807, 2.05) is 25.1 Å². The van der Waals surface area contributed by atoms with Crippen molar-refractivity contribution in [2.24, 2.45) is 0 Å². The molecule has 0 saturated heterocycles. The Hall–Kier alpha value is -1.39. The zero-order valence-electron chi connectivity index (χ0n) is 11.7. The summed E-state index contributed by atoms with van der Waals surface area (Å²) in [6, 6.07) is 7.42. The fourth-order valence-electron chi connectivity index (χ4n) is 2.13. The second-order valence-electron chi connectivity index (χ2n) is 4.12. The van der Waals surface area contributed by atoms with Gasteiger partial charge in [-0.15, -0.1) is 5.26 Å². The van der Waals surface area contributed by atoms with Crippen molar-refractivity contribution < 1.29 is 18.0 Å². The highest BCUT2D eigenvalue weighted by Crippen LogP contribution is 2.30. The minimum absolute atomic E-state index is 0.0518. The number of para-hydroxylation sites is 1. The van der Waals surface area contributed by atoms with E-state index < -0.39 is 8.80 Å². The van der Waals surface area contributed by atoms with E-state index in [1.165, 1.54) is 0 Å². The summed E-state index contributed by atoms with van der Waals surface area (Å²) in [5, 5.41) is 8.64. The Morgan fingerprint density at radius 3 is 2.26 bits per heavy atom. The molecule has 0 saturated carbocycles. The van der Waals surface area contributed by atoms with Crippen LogP contribution in [0.25, 0.3) is 0 Å². The minimum atomic E-state index is -2.69. The lowest BCUT2D eigenvalue weighted by Crippen LogP contribution is -2.47. The summed E-state index contributed by atoms with van der Waals surface area (Å²) in [7, 11) is 2.08. The van der Waals surface area contributed by atoms with Gasteiger partial charge < -0.3 is 18.0 Å². The number of nitriles is 1. The van der Waals surface area contributed by atoms with Gasteiger partial charge in [-0.1, -0.05) is 25.1 Å². The van der Waals surface area contributed by atoms with E-state index in [0.29, 0.717) is 12.2 Å². The van der Waals surface area contributed by atoms with Gasteiger partial charge in [-0.05, 0) is 18.1 Å². The molecule has 1 rings (SSSR count). The predicted octanol–water partition coefficient (Wildman–Crippen LogP) is 2.36. The molecule has 1 atom stereocenters. The van der Waals surface area contributed by atoms with Gasteiger partial charge in [0.1, 0.15) is 5.75 Å².